The molecule has 1 aliphatic heterocycles. The maximum atomic E-state index is 5.52. The minimum Gasteiger partial charge on any atom is 0 e. The third kappa shape index (κ3) is 2.87. The largest absolute Gasteiger partial charge is 0 e. The minimum absolute atomic E-state index is 0. The molecule has 0 spiro atoms. The Morgan fingerprint density at radius 2 is 1.73 bits per heavy atom. The van der Waals surface area contributed by atoms with Gasteiger partial charge in [0.25, 0.3) is 0 Å². The number of hydrogen-bond donors (Lipinski definition) is 0. The van der Waals surface area contributed by atoms with E-state index < -0.39 is 0 Å². The zero-order valence-corrected chi connectivity index (χ0v) is 11.0. The molecule has 1 saturated heterocycles. The summed E-state index contributed by atoms with van der Waals surface area (Å²) >= 11 is 3.06. The van der Waals surface area contributed by atoms with Gasteiger partial charge >= 0.3 is 70.9 Å². The number of rotatable bonds is 0. The second-order valence-electron chi connectivity index (χ2n) is 3.40. The van der Waals surface area contributed by atoms with Crippen molar-refractivity contribution < 1.29 is 27.1 Å². The summed E-state index contributed by atoms with van der Waals surface area (Å²) in [5, 5.41) is 0.339. The first-order chi connectivity index (χ1) is 4.63. The van der Waals surface area contributed by atoms with Crippen molar-refractivity contribution in [1.29, 1.82) is 0 Å². The van der Waals surface area contributed by atoms with Gasteiger partial charge in [0.15, 0.2) is 0 Å². The molecular formula is C8H15AuOSe. The normalized spacial score (nSPS) is 44.7. The van der Waals surface area contributed by atoms with Crippen molar-refractivity contribution in [2.45, 2.75) is 25.8 Å². The molecule has 1 nitrogen and oxygen atoms in total. The molecular weight excluding hydrogens is 388 g/mol. The van der Waals surface area contributed by atoms with Gasteiger partial charge in [-0.15, -0.1) is 0 Å². The molecule has 0 bridgehead atoms. The molecule has 0 aromatic heterocycles. The smallest absolute Gasteiger partial charge is 0 e. The molecule has 0 aromatic carbocycles. The molecule has 1 aliphatic rings. The van der Waals surface area contributed by atoms with E-state index in [0.29, 0.717) is 10.9 Å². The van der Waals surface area contributed by atoms with Crippen LogP contribution in [0.2, 0.25) is 0 Å². The predicted octanol–water partition coefficient (Wildman–Crippen LogP) is 1.42. The van der Waals surface area contributed by atoms with Crippen molar-refractivity contribution in [2.75, 3.05) is 6.61 Å². The molecule has 0 amide bonds. The first-order valence-corrected chi connectivity index (χ1v) is 4.89. The van der Waals surface area contributed by atoms with Crippen molar-refractivity contribution in [1.82, 2.24) is 0 Å². The second-order valence-corrected chi connectivity index (χ2v) is 4.37. The van der Waals surface area contributed by atoms with E-state index in [9.17, 15) is 0 Å². The maximum Gasteiger partial charge on any atom is 0 e. The molecule has 4 unspecified atom stereocenters. The minimum atomic E-state index is 0. The van der Waals surface area contributed by atoms with Crippen molar-refractivity contribution in [3.05, 3.63) is 0 Å². The van der Waals surface area contributed by atoms with Gasteiger partial charge in [-0.05, 0) is 0 Å². The molecule has 0 aliphatic carbocycles. The molecule has 0 N–H and O–H groups in total. The predicted molar refractivity (Wildman–Crippen MR) is 43.0 cm³/mol. The van der Waals surface area contributed by atoms with E-state index in [2.05, 4.69) is 36.8 Å². The van der Waals surface area contributed by atoms with Crippen molar-refractivity contribution >= 4 is 16.0 Å². The second kappa shape index (κ2) is 5.06. The van der Waals surface area contributed by atoms with E-state index >= 15 is 0 Å². The Morgan fingerprint density at radius 3 is 2.18 bits per heavy atom. The van der Waals surface area contributed by atoms with E-state index in [4.69, 9.17) is 4.74 Å². The third-order valence-electron chi connectivity index (χ3n) is 2.68. The van der Waals surface area contributed by atoms with E-state index in [1.807, 2.05) is 0 Å². The van der Waals surface area contributed by atoms with Crippen LogP contribution in [-0.2, 0) is 27.1 Å². The molecule has 0 aromatic rings. The van der Waals surface area contributed by atoms with E-state index in [1.165, 1.54) is 0 Å². The van der Waals surface area contributed by atoms with Crippen LogP contribution in [0.1, 0.15) is 20.8 Å². The summed E-state index contributed by atoms with van der Waals surface area (Å²) in [6.45, 7) is 7.74. The van der Waals surface area contributed by atoms with Crippen LogP contribution >= 0.6 is 0 Å². The summed E-state index contributed by atoms with van der Waals surface area (Å²) in [6.07, 6.45) is 0. The van der Waals surface area contributed by atoms with Gasteiger partial charge in [-0.3, -0.25) is 0 Å². The maximum absolute atomic E-state index is 5.52. The van der Waals surface area contributed by atoms with E-state index in [-0.39, 0.29) is 22.4 Å². The van der Waals surface area contributed by atoms with Crippen LogP contribution in [0.4, 0.5) is 0 Å². The van der Waals surface area contributed by atoms with Gasteiger partial charge in [0.1, 0.15) is 0 Å². The Morgan fingerprint density at radius 1 is 1.18 bits per heavy atom. The Labute approximate surface area is 93.0 Å². The van der Waals surface area contributed by atoms with E-state index in [0.717, 1.165) is 18.4 Å². The van der Waals surface area contributed by atoms with Gasteiger partial charge < -0.3 is 0 Å². The summed E-state index contributed by atoms with van der Waals surface area (Å²) in [5.41, 5.74) is 0. The van der Waals surface area contributed by atoms with Crippen LogP contribution < -0.4 is 0 Å². The molecule has 1 rings (SSSR count). The van der Waals surface area contributed by atoms with Crippen LogP contribution in [0.15, 0.2) is 0 Å². The molecule has 70 valence electrons. The first kappa shape index (κ1) is 12.2. The van der Waals surface area contributed by atoms with Gasteiger partial charge in [0.2, 0.25) is 0 Å². The SMILES string of the molecule is CC1COC([Se])C(C)C1C.[Au]. The zero-order valence-electron chi connectivity index (χ0n) is 7.13. The topological polar surface area (TPSA) is 9.23 Å². The number of ether oxygens (including phenoxy) is 1. The Hall–Kier alpha value is 1.22. The van der Waals surface area contributed by atoms with Crippen molar-refractivity contribution in [2.24, 2.45) is 17.8 Å². The quantitative estimate of drug-likeness (QED) is 0.557. The van der Waals surface area contributed by atoms with Gasteiger partial charge in [0.05, 0.1) is 0 Å². The number of hydrogen-bond acceptors (Lipinski definition) is 1. The summed E-state index contributed by atoms with van der Waals surface area (Å²) in [6, 6.07) is 0. The molecule has 2 radical (unpaired) electrons. The molecule has 3 heteroatoms. The van der Waals surface area contributed by atoms with Gasteiger partial charge in [0, 0.05) is 22.4 Å². The fraction of sp³-hybridized carbons (Fsp3) is 1.00. The van der Waals surface area contributed by atoms with Crippen LogP contribution in [0, 0.1) is 17.8 Å². The first-order valence-electron chi connectivity index (χ1n) is 3.90. The molecule has 1 heterocycles. The van der Waals surface area contributed by atoms with Gasteiger partial charge in [-0.2, -0.15) is 0 Å². The summed E-state index contributed by atoms with van der Waals surface area (Å²) in [7, 11) is 0. The summed E-state index contributed by atoms with van der Waals surface area (Å²) < 4.78 is 5.52. The average Bonchev–Trinajstić information content (AvgIpc) is 1.93. The van der Waals surface area contributed by atoms with E-state index in [1.54, 1.807) is 0 Å². The molecule has 11 heavy (non-hydrogen) atoms. The molecule has 1 fully saturated rings. The fourth-order valence-corrected chi connectivity index (χ4v) is 2.00. The van der Waals surface area contributed by atoms with Crippen molar-refractivity contribution in [3.8, 4) is 0 Å². The zero-order chi connectivity index (χ0) is 7.72. The standard InChI is InChI=1S/C8H15OSe.Au/c1-5-4-9-8(10)7(3)6(5)2;/h5-8H,4H2,1-3H3;. The molecule has 4 atom stereocenters. The summed E-state index contributed by atoms with van der Waals surface area (Å²) in [4.78, 5) is 0. The van der Waals surface area contributed by atoms with Crippen LogP contribution in [0.25, 0.3) is 0 Å². The Balaban J connectivity index is 0.000001000. The van der Waals surface area contributed by atoms with Gasteiger partial charge in [-0.25, -0.2) is 0 Å². The average molecular weight is 403 g/mol. The summed E-state index contributed by atoms with van der Waals surface area (Å²) in [5.74, 6) is 2.18. The van der Waals surface area contributed by atoms with Crippen LogP contribution in [0.5, 0.6) is 0 Å². The Bertz CT molecular complexity index is 107. The Kier molecular flexibility index (Phi) is 5.62. The van der Waals surface area contributed by atoms with Crippen LogP contribution in [-0.4, -0.2) is 27.6 Å². The monoisotopic (exact) mass is 404 g/mol. The molecule has 0 saturated carbocycles. The fourth-order valence-electron chi connectivity index (χ4n) is 1.32. The third-order valence-corrected chi connectivity index (χ3v) is 3.87. The van der Waals surface area contributed by atoms with Gasteiger partial charge in [-0.1, -0.05) is 0 Å². The van der Waals surface area contributed by atoms with Crippen molar-refractivity contribution in [3.63, 3.8) is 0 Å². The van der Waals surface area contributed by atoms with Crippen LogP contribution in [0.3, 0.4) is 0 Å².